The Hall–Kier alpha value is -1.55. The van der Waals surface area contributed by atoms with E-state index >= 15 is 0 Å². The molecule has 0 saturated carbocycles. The number of phenols is 1. The fourth-order valence-corrected chi connectivity index (χ4v) is 3.74. The van der Waals surface area contributed by atoms with Gasteiger partial charge in [0.05, 0.1) is 6.10 Å². The van der Waals surface area contributed by atoms with E-state index in [1.807, 2.05) is 6.92 Å². The van der Waals surface area contributed by atoms with Gasteiger partial charge in [0.1, 0.15) is 11.3 Å². The maximum absolute atomic E-state index is 11.2. The molecular formula is C24H40O4. The van der Waals surface area contributed by atoms with Crippen LogP contribution in [0.3, 0.4) is 0 Å². The summed E-state index contributed by atoms with van der Waals surface area (Å²) < 4.78 is 0. The van der Waals surface area contributed by atoms with Gasteiger partial charge in [-0.3, -0.25) is 0 Å². The molecule has 4 nitrogen and oxygen atoms in total. The van der Waals surface area contributed by atoms with Crippen LogP contribution >= 0.6 is 0 Å². The summed E-state index contributed by atoms with van der Waals surface area (Å²) in [4.78, 5) is 11.2. The molecule has 0 aliphatic rings. The summed E-state index contributed by atoms with van der Waals surface area (Å²) in [5.41, 5.74) is 0.795. The first-order valence-electron chi connectivity index (χ1n) is 11.2. The van der Waals surface area contributed by atoms with Crippen molar-refractivity contribution in [3.63, 3.8) is 0 Å². The molecule has 0 bridgehead atoms. The van der Waals surface area contributed by atoms with Gasteiger partial charge in [-0.25, -0.2) is 4.79 Å². The molecule has 4 heteroatoms. The second kappa shape index (κ2) is 15.4. The first-order chi connectivity index (χ1) is 13.5. The molecule has 28 heavy (non-hydrogen) atoms. The largest absolute Gasteiger partial charge is 0.507 e. The third kappa shape index (κ3) is 11.3. The Balaban J connectivity index is 1.93. The molecule has 1 atom stereocenters. The first kappa shape index (κ1) is 24.5. The molecule has 1 aromatic rings. The molecule has 0 unspecified atom stereocenters. The van der Waals surface area contributed by atoms with Gasteiger partial charge in [0.15, 0.2) is 0 Å². The van der Waals surface area contributed by atoms with Gasteiger partial charge in [-0.2, -0.15) is 0 Å². The molecule has 0 spiro atoms. The number of carboxylic acids is 1. The van der Waals surface area contributed by atoms with Crippen molar-refractivity contribution in [1.29, 1.82) is 0 Å². The SMILES string of the molecule is C[C@@H](O)CCCCCCCCCCCCCCCc1cccc(O)c1C(=O)O. The Morgan fingerprint density at radius 1 is 0.821 bits per heavy atom. The van der Waals surface area contributed by atoms with Gasteiger partial charge in [-0.05, 0) is 37.8 Å². The molecule has 0 heterocycles. The minimum atomic E-state index is -1.05. The lowest BCUT2D eigenvalue weighted by atomic mass is 9.99. The number of hydrogen-bond donors (Lipinski definition) is 3. The molecule has 0 aliphatic carbocycles. The van der Waals surface area contributed by atoms with E-state index < -0.39 is 5.97 Å². The third-order valence-corrected chi connectivity index (χ3v) is 5.41. The number of carboxylic acid groups (broad SMARTS) is 1. The van der Waals surface area contributed by atoms with E-state index in [4.69, 9.17) is 0 Å². The van der Waals surface area contributed by atoms with Crippen LogP contribution in [-0.2, 0) is 6.42 Å². The standard InChI is InChI=1S/C24H40O4/c1-20(25)16-13-11-9-7-5-3-2-4-6-8-10-12-14-17-21-18-15-19-22(26)23(21)24(27)28/h15,18-20,25-26H,2-14,16-17H2,1H3,(H,27,28)/t20-/m1/s1. The number of unbranched alkanes of at least 4 members (excludes halogenated alkanes) is 12. The van der Waals surface area contributed by atoms with E-state index in [1.54, 1.807) is 12.1 Å². The zero-order valence-electron chi connectivity index (χ0n) is 17.7. The fraction of sp³-hybridized carbons (Fsp3) is 0.708. The highest BCUT2D eigenvalue weighted by Gasteiger charge is 2.14. The van der Waals surface area contributed by atoms with E-state index in [1.165, 1.54) is 70.3 Å². The van der Waals surface area contributed by atoms with Crippen molar-refractivity contribution < 1.29 is 20.1 Å². The third-order valence-electron chi connectivity index (χ3n) is 5.41. The normalized spacial score (nSPS) is 12.2. The predicted octanol–water partition coefficient (Wildman–Crippen LogP) is 6.48. The van der Waals surface area contributed by atoms with Gasteiger partial charge in [0.2, 0.25) is 0 Å². The summed E-state index contributed by atoms with van der Waals surface area (Å²) >= 11 is 0. The van der Waals surface area contributed by atoms with Gasteiger partial charge >= 0.3 is 5.97 Å². The summed E-state index contributed by atoms with van der Waals surface area (Å²) in [6.45, 7) is 1.87. The van der Waals surface area contributed by atoms with Crippen molar-refractivity contribution in [1.82, 2.24) is 0 Å². The number of aromatic carboxylic acids is 1. The van der Waals surface area contributed by atoms with Crippen molar-refractivity contribution in [2.75, 3.05) is 0 Å². The van der Waals surface area contributed by atoms with Gasteiger partial charge in [0.25, 0.3) is 0 Å². The lowest BCUT2D eigenvalue weighted by molar-refractivity contribution is 0.0692. The van der Waals surface area contributed by atoms with Crippen LogP contribution in [0.15, 0.2) is 18.2 Å². The van der Waals surface area contributed by atoms with Crippen LogP contribution in [0.4, 0.5) is 0 Å². The molecule has 0 aromatic heterocycles. The molecular weight excluding hydrogens is 352 g/mol. The topological polar surface area (TPSA) is 77.8 Å². The Bertz CT molecular complexity index is 539. The predicted molar refractivity (Wildman–Crippen MR) is 115 cm³/mol. The van der Waals surface area contributed by atoms with Crippen LogP contribution in [0.5, 0.6) is 5.75 Å². The average molecular weight is 393 g/mol. The van der Waals surface area contributed by atoms with Crippen molar-refractivity contribution in [3.8, 4) is 5.75 Å². The second-order valence-corrected chi connectivity index (χ2v) is 8.10. The van der Waals surface area contributed by atoms with Crippen LogP contribution in [-0.4, -0.2) is 27.4 Å². The van der Waals surface area contributed by atoms with Crippen LogP contribution in [0, 0.1) is 0 Å². The molecule has 0 fully saturated rings. The lowest BCUT2D eigenvalue weighted by Crippen LogP contribution is -2.03. The Kier molecular flexibility index (Phi) is 13.5. The smallest absolute Gasteiger partial charge is 0.339 e. The van der Waals surface area contributed by atoms with Crippen LogP contribution in [0.25, 0.3) is 0 Å². The first-order valence-corrected chi connectivity index (χ1v) is 11.2. The highest BCUT2D eigenvalue weighted by atomic mass is 16.4. The van der Waals surface area contributed by atoms with Crippen LogP contribution < -0.4 is 0 Å². The summed E-state index contributed by atoms with van der Waals surface area (Å²) in [7, 11) is 0. The minimum Gasteiger partial charge on any atom is -0.507 e. The van der Waals surface area contributed by atoms with Crippen molar-refractivity contribution in [2.45, 2.75) is 109 Å². The quantitative estimate of drug-likeness (QED) is 0.265. The fourth-order valence-electron chi connectivity index (χ4n) is 3.74. The van der Waals surface area contributed by atoms with E-state index in [2.05, 4.69) is 0 Å². The molecule has 0 radical (unpaired) electrons. The molecule has 0 saturated heterocycles. The molecule has 1 aromatic carbocycles. The zero-order chi connectivity index (χ0) is 20.6. The lowest BCUT2D eigenvalue weighted by Gasteiger charge is -2.08. The molecule has 1 rings (SSSR count). The Labute approximate surface area is 171 Å². The molecule has 0 amide bonds. The maximum Gasteiger partial charge on any atom is 0.339 e. The summed E-state index contributed by atoms with van der Waals surface area (Å²) in [6, 6.07) is 4.95. The summed E-state index contributed by atoms with van der Waals surface area (Å²) in [5.74, 6) is -1.18. The van der Waals surface area contributed by atoms with Crippen molar-refractivity contribution in [2.24, 2.45) is 0 Å². The van der Waals surface area contributed by atoms with Crippen LogP contribution in [0.2, 0.25) is 0 Å². The number of benzene rings is 1. The monoisotopic (exact) mass is 392 g/mol. The van der Waals surface area contributed by atoms with E-state index in [0.717, 1.165) is 31.2 Å². The van der Waals surface area contributed by atoms with Crippen molar-refractivity contribution in [3.05, 3.63) is 29.3 Å². The number of aliphatic hydroxyl groups excluding tert-OH is 1. The second-order valence-electron chi connectivity index (χ2n) is 8.10. The van der Waals surface area contributed by atoms with Gasteiger partial charge in [-0.15, -0.1) is 0 Å². The highest BCUT2D eigenvalue weighted by molar-refractivity contribution is 5.92. The average Bonchev–Trinajstić information content (AvgIpc) is 2.64. The van der Waals surface area contributed by atoms with E-state index in [-0.39, 0.29) is 17.4 Å². The van der Waals surface area contributed by atoms with E-state index in [0.29, 0.717) is 6.42 Å². The van der Waals surface area contributed by atoms with Gasteiger partial charge < -0.3 is 15.3 Å². The number of aromatic hydroxyl groups is 1. The van der Waals surface area contributed by atoms with E-state index in [9.17, 15) is 20.1 Å². The molecule has 3 N–H and O–H groups in total. The van der Waals surface area contributed by atoms with Crippen LogP contribution in [0.1, 0.15) is 113 Å². The number of rotatable bonds is 17. The number of carbonyl (C=O) groups is 1. The summed E-state index contributed by atoms with van der Waals surface area (Å²) in [6.07, 6.45) is 17.7. The van der Waals surface area contributed by atoms with Gasteiger partial charge in [-0.1, -0.05) is 89.2 Å². The van der Waals surface area contributed by atoms with Gasteiger partial charge in [0, 0.05) is 0 Å². The Morgan fingerprint density at radius 2 is 1.29 bits per heavy atom. The Morgan fingerprint density at radius 3 is 1.75 bits per heavy atom. The number of aliphatic hydroxyl groups is 1. The zero-order valence-corrected chi connectivity index (χ0v) is 17.7. The van der Waals surface area contributed by atoms with Crippen molar-refractivity contribution >= 4 is 5.97 Å². The highest BCUT2D eigenvalue weighted by Crippen LogP contribution is 2.23. The summed E-state index contributed by atoms with van der Waals surface area (Å²) in [5, 5.41) is 28.1. The number of aryl methyl sites for hydroxylation is 1. The molecule has 160 valence electrons. The minimum absolute atomic E-state index is 0.0606. The maximum atomic E-state index is 11.2. The molecule has 0 aliphatic heterocycles. The number of hydrogen-bond acceptors (Lipinski definition) is 3.